The van der Waals surface area contributed by atoms with E-state index < -0.39 is 15.9 Å². The van der Waals surface area contributed by atoms with Gasteiger partial charge in [0.25, 0.3) is 5.91 Å². The summed E-state index contributed by atoms with van der Waals surface area (Å²) in [5.41, 5.74) is -0.0724. The number of rotatable bonds is 3. The molecular weight excluding hydrogens is 336 g/mol. The van der Waals surface area contributed by atoms with E-state index in [0.29, 0.717) is 6.54 Å². The zero-order valence-electron chi connectivity index (χ0n) is 11.2. The van der Waals surface area contributed by atoms with Gasteiger partial charge in [0.2, 0.25) is 10.0 Å². The van der Waals surface area contributed by atoms with Gasteiger partial charge in [0.15, 0.2) is 10.4 Å². The Hall–Kier alpha value is -0.860. The molecule has 2 N–H and O–H groups in total. The minimum atomic E-state index is -3.92. The van der Waals surface area contributed by atoms with E-state index in [9.17, 15) is 13.2 Å². The smallest absolute Gasteiger partial charge is 0.289 e. The first-order valence-electron chi connectivity index (χ1n) is 5.49. The molecular formula is C11H17BrN2O4S. The predicted molar refractivity (Wildman–Crippen MR) is 74.2 cm³/mol. The topological polar surface area (TPSA) is 93.6 Å². The standard InChI is InChI=1S/C11H17BrN2O4S/c1-11(2,3)6-14(4)10(15)7-5-8(9(12)18-7)19(13,16)17/h5H,6H2,1-4H3,(H2,13,16,17). The lowest BCUT2D eigenvalue weighted by Crippen LogP contribution is -2.34. The van der Waals surface area contributed by atoms with Gasteiger partial charge in [-0.2, -0.15) is 0 Å². The van der Waals surface area contributed by atoms with Crippen LogP contribution in [0.2, 0.25) is 0 Å². The van der Waals surface area contributed by atoms with Crippen LogP contribution >= 0.6 is 15.9 Å². The van der Waals surface area contributed by atoms with Gasteiger partial charge in [-0.15, -0.1) is 0 Å². The van der Waals surface area contributed by atoms with Gasteiger partial charge in [-0.25, -0.2) is 13.6 Å². The maximum Gasteiger partial charge on any atom is 0.289 e. The molecule has 1 rings (SSSR count). The van der Waals surface area contributed by atoms with Crippen molar-refractivity contribution >= 4 is 31.9 Å². The number of halogens is 1. The van der Waals surface area contributed by atoms with Gasteiger partial charge in [-0.05, 0) is 21.3 Å². The third-order valence-electron chi connectivity index (χ3n) is 2.23. The van der Waals surface area contributed by atoms with E-state index in [4.69, 9.17) is 9.56 Å². The van der Waals surface area contributed by atoms with Crippen LogP contribution in [0.3, 0.4) is 0 Å². The summed E-state index contributed by atoms with van der Waals surface area (Å²) < 4.78 is 27.5. The van der Waals surface area contributed by atoms with Gasteiger partial charge in [0.1, 0.15) is 4.90 Å². The summed E-state index contributed by atoms with van der Waals surface area (Å²) in [5, 5.41) is 5.01. The molecule has 0 aliphatic heterocycles. The molecule has 0 fully saturated rings. The molecule has 1 aromatic heterocycles. The van der Waals surface area contributed by atoms with Crippen molar-refractivity contribution in [2.45, 2.75) is 25.7 Å². The van der Waals surface area contributed by atoms with Crippen LogP contribution in [0.15, 0.2) is 20.0 Å². The van der Waals surface area contributed by atoms with Crippen LogP contribution in [-0.4, -0.2) is 32.8 Å². The molecule has 0 aliphatic carbocycles. The number of sulfonamides is 1. The Morgan fingerprint density at radius 1 is 1.47 bits per heavy atom. The Bertz CT molecular complexity index is 586. The molecule has 6 nitrogen and oxygen atoms in total. The van der Waals surface area contributed by atoms with Crippen molar-refractivity contribution in [2.75, 3.05) is 13.6 Å². The average molecular weight is 353 g/mol. The van der Waals surface area contributed by atoms with Crippen molar-refractivity contribution in [1.29, 1.82) is 0 Å². The van der Waals surface area contributed by atoms with Gasteiger partial charge < -0.3 is 9.32 Å². The molecule has 8 heteroatoms. The Kier molecular flexibility index (Phi) is 4.48. The summed E-state index contributed by atoms with van der Waals surface area (Å²) >= 11 is 2.94. The molecule has 0 saturated heterocycles. The molecule has 0 aliphatic rings. The molecule has 1 aromatic rings. The lowest BCUT2D eigenvalue weighted by atomic mass is 9.96. The van der Waals surface area contributed by atoms with Gasteiger partial charge in [-0.3, -0.25) is 4.79 Å². The largest absolute Gasteiger partial charge is 0.443 e. The van der Waals surface area contributed by atoms with Crippen molar-refractivity contribution in [3.05, 3.63) is 16.5 Å². The van der Waals surface area contributed by atoms with Crippen molar-refractivity contribution in [3.8, 4) is 0 Å². The number of primary sulfonamides is 1. The summed E-state index contributed by atoms with van der Waals surface area (Å²) in [7, 11) is -2.29. The summed E-state index contributed by atoms with van der Waals surface area (Å²) in [5.74, 6) is -0.465. The maximum absolute atomic E-state index is 12.1. The van der Waals surface area contributed by atoms with E-state index in [1.165, 1.54) is 4.90 Å². The van der Waals surface area contributed by atoms with Crippen molar-refractivity contribution in [3.63, 3.8) is 0 Å². The lowest BCUT2D eigenvalue weighted by molar-refractivity contribution is 0.0712. The molecule has 19 heavy (non-hydrogen) atoms. The molecule has 0 aromatic carbocycles. The molecule has 0 bridgehead atoms. The monoisotopic (exact) mass is 352 g/mol. The highest BCUT2D eigenvalue weighted by molar-refractivity contribution is 9.10. The summed E-state index contributed by atoms with van der Waals surface area (Å²) in [6, 6.07) is 1.13. The molecule has 1 amide bonds. The molecule has 1 heterocycles. The van der Waals surface area contributed by atoms with Crippen LogP contribution in [0, 0.1) is 5.41 Å². The van der Waals surface area contributed by atoms with Crippen LogP contribution in [0.5, 0.6) is 0 Å². The Balaban J connectivity index is 3.03. The fourth-order valence-corrected chi connectivity index (χ4v) is 3.13. The highest BCUT2D eigenvalue weighted by atomic mass is 79.9. The van der Waals surface area contributed by atoms with Gasteiger partial charge in [0, 0.05) is 19.7 Å². The summed E-state index contributed by atoms with van der Waals surface area (Å²) in [6.45, 7) is 6.48. The van der Waals surface area contributed by atoms with Crippen LogP contribution in [0.4, 0.5) is 0 Å². The normalized spacial score (nSPS) is 12.5. The van der Waals surface area contributed by atoms with E-state index in [1.807, 2.05) is 20.8 Å². The summed E-state index contributed by atoms with van der Waals surface area (Å²) in [4.78, 5) is 13.3. The first-order chi connectivity index (χ1) is 8.42. The Morgan fingerprint density at radius 2 is 2.00 bits per heavy atom. The predicted octanol–water partition coefficient (Wildman–Crippen LogP) is 1.81. The van der Waals surface area contributed by atoms with Crippen LogP contribution in [0.1, 0.15) is 31.3 Å². The van der Waals surface area contributed by atoms with Gasteiger partial charge in [-0.1, -0.05) is 20.8 Å². The number of nitrogens with two attached hydrogens (primary N) is 1. The molecule has 0 radical (unpaired) electrons. The fourth-order valence-electron chi connectivity index (χ4n) is 1.62. The van der Waals surface area contributed by atoms with Crippen molar-refractivity contribution in [2.24, 2.45) is 10.6 Å². The SMILES string of the molecule is CN(CC(C)(C)C)C(=O)c1cc(S(N)(=O)=O)c(Br)o1. The number of furan rings is 1. The van der Waals surface area contributed by atoms with Crippen molar-refractivity contribution < 1.29 is 17.6 Å². The van der Waals surface area contributed by atoms with E-state index in [1.54, 1.807) is 7.05 Å². The first-order valence-corrected chi connectivity index (χ1v) is 7.83. The molecule has 0 unspecified atom stereocenters. The second kappa shape index (κ2) is 5.26. The van der Waals surface area contributed by atoms with E-state index in [2.05, 4.69) is 15.9 Å². The molecule has 108 valence electrons. The minimum Gasteiger partial charge on any atom is -0.443 e. The average Bonchev–Trinajstić information content (AvgIpc) is 2.55. The van der Waals surface area contributed by atoms with Crippen LogP contribution < -0.4 is 5.14 Å². The number of nitrogens with zero attached hydrogens (tertiary/aromatic N) is 1. The summed E-state index contributed by atoms with van der Waals surface area (Å²) in [6.07, 6.45) is 0. The number of hydrogen-bond acceptors (Lipinski definition) is 4. The number of hydrogen-bond donors (Lipinski definition) is 1. The number of carbonyl (C=O) groups excluding carboxylic acids is 1. The van der Waals surface area contributed by atoms with Crippen LogP contribution in [0.25, 0.3) is 0 Å². The highest BCUT2D eigenvalue weighted by Gasteiger charge is 2.25. The lowest BCUT2D eigenvalue weighted by Gasteiger charge is -2.25. The molecule has 0 atom stereocenters. The van der Waals surface area contributed by atoms with E-state index in [0.717, 1.165) is 6.07 Å². The maximum atomic E-state index is 12.1. The highest BCUT2D eigenvalue weighted by Crippen LogP contribution is 2.26. The van der Waals surface area contributed by atoms with E-state index >= 15 is 0 Å². The molecule has 0 spiro atoms. The van der Waals surface area contributed by atoms with Gasteiger partial charge >= 0.3 is 0 Å². The zero-order chi connectivity index (χ0) is 15.0. The van der Waals surface area contributed by atoms with E-state index in [-0.39, 0.29) is 20.7 Å². The fraction of sp³-hybridized carbons (Fsp3) is 0.545. The van der Waals surface area contributed by atoms with Crippen molar-refractivity contribution in [1.82, 2.24) is 4.90 Å². The third kappa shape index (κ3) is 4.32. The molecule has 0 saturated carbocycles. The number of amides is 1. The van der Waals surface area contributed by atoms with Crippen LogP contribution in [-0.2, 0) is 10.0 Å². The quantitative estimate of drug-likeness (QED) is 0.897. The second-order valence-corrected chi connectivity index (χ2v) is 7.77. The van der Waals surface area contributed by atoms with Gasteiger partial charge in [0.05, 0.1) is 0 Å². The number of carbonyl (C=O) groups is 1. The minimum absolute atomic E-state index is 0.0670. The third-order valence-corrected chi connectivity index (χ3v) is 4.00. The zero-order valence-corrected chi connectivity index (χ0v) is 13.6. The Labute approximate surface area is 121 Å². The second-order valence-electron chi connectivity index (χ2n) is 5.52. The first kappa shape index (κ1) is 16.2. The Morgan fingerprint density at radius 3 is 2.37 bits per heavy atom.